The van der Waals surface area contributed by atoms with Gasteiger partial charge in [-0.3, -0.25) is 9.89 Å². The van der Waals surface area contributed by atoms with Crippen LogP contribution in [0.15, 0.2) is 12.1 Å². The molecule has 1 amide bonds. The molecule has 0 aliphatic carbocycles. The Kier molecular flexibility index (Phi) is 3.73. The minimum atomic E-state index is -0.244. The van der Waals surface area contributed by atoms with Crippen LogP contribution in [0.4, 0.5) is 11.6 Å². The van der Waals surface area contributed by atoms with Gasteiger partial charge in [0, 0.05) is 17.9 Å². The fourth-order valence-electron chi connectivity index (χ4n) is 2.87. The standard InChI is InChI=1S/C15H18N4O4/c1-21-9-4-7(5-10(22-2)13(9)23-3)8-6-11(20)17-15-12(8)14(16)18-19-15/h4-5,8H,6H2,1-3H3,(H4,16,17,18,19,20). The fourth-order valence-corrected chi connectivity index (χ4v) is 2.87. The number of aromatic nitrogens is 2. The predicted octanol–water partition coefficient (Wildman–Crippen LogP) is 1.49. The van der Waals surface area contributed by atoms with Crippen molar-refractivity contribution in [3.05, 3.63) is 23.3 Å². The summed E-state index contributed by atoms with van der Waals surface area (Å²) in [6.07, 6.45) is 0.259. The van der Waals surface area contributed by atoms with Gasteiger partial charge in [-0.15, -0.1) is 0 Å². The van der Waals surface area contributed by atoms with E-state index in [1.165, 1.54) is 0 Å². The van der Waals surface area contributed by atoms with Gasteiger partial charge in [-0.25, -0.2) is 0 Å². The largest absolute Gasteiger partial charge is 0.493 e. The minimum Gasteiger partial charge on any atom is -0.493 e. The molecular weight excluding hydrogens is 300 g/mol. The lowest BCUT2D eigenvalue weighted by atomic mass is 9.86. The zero-order valence-corrected chi connectivity index (χ0v) is 13.1. The lowest BCUT2D eigenvalue weighted by Crippen LogP contribution is -2.23. The van der Waals surface area contributed by atoms with Gasteiger partial charge in [0.2, 0.25) is 11.7 Å². The average molecular weight is 318 g/mol. The van der Waals surface area contributed by atoms with Crippen molar-refractivity contribution in [3.8, 4) is 17.2 Å². The third-order valence-corrected chi connectivity index (χ3v) is 3.92. The Morgan fingerprint density at radius 1 is 1.17 bits per heavy atom. The lowest BCUT2D eigenvalue weighted by molar-refractivity contribution is -0.116. The molecular formula is C15H18N4O4. The molecule has 0 saturated heterocycles. The second-order valence-electron chi connectivity index (χ2n) is 5.16. The van der Waals surface area contributed by atoms with Crippen molar-refractivity contribution in [3.63, 3.8) is 0 Å². The van der Waals surface area contributed by atoms with Crippen LogP contribution in [-0.2, 0) is 4.79 Å². The number of amides is 1. The normalized spacial score (nSPS) is 16.5. The van der Waals surface area contributed by atoms with Gasteiger partial charge in [0.05, 0.1) is 21.3 Å². The highest BCUT2D eigenvalue weighted by molar-refractivity contribution is 5.95. The summed E-state index contributed by atoms with van der Waals surface area (Å²) in [5, 5.41) is 9.45. The van der Waals surface area contributed by atoms with E-state index in [4.69, 9.17) is 19.9 Å². The Morgan fingerprint density at radius 2 is 1.83 bits per heavy atom. The molecule has 1 atom stereocenters. The predicted molar refractivity (Wildman–Crippen MR) is 84.2 cm³/mol. The molecule has 4 N–H and O–H groups in total. The van der Waals surface area contributed by atoms with Crippen LogP contribution < -0.4 is 25.3 Å². The van der Waals surface area contributed by atoms with Crippen molar-refractivity contribution in [2.75, 3.05) is 32.4 Å². The third kappa shape index (κ3) is 2.41. The molecule has 3 rings (SSSR count). The number of aromatic amines is 1. The molecule has 0 bridgehead atoms. The molecule has 1 aliphatic heterocycles. The quantitative estimate of drug-likeness (QED) is 0.787. The Balaban J connectivity index is 2.15. The van der Waals surface area contributed by atoms with Crippen LogP contribution in [0, 0.1) is 0 Å². The first-order chi connectivity index (χ1) is 11.1. The maximum Gasteiger partial charge on any atom is 0.226 e. The first kappa shape index (κ1) is 15.0. The third-order valence-electron chi connectivity index (χ3n) is 3.92. The molecule has 1 aromatic carbocycles. The number of benzene rings is 1. The molecule has 2 aromatic rings. The molecule has 1 aliphatic rings. The zero-order chi connectivity index (χ0) is 16.6. The zero-order valence-electron chi connectivity index (χ0n) is 13.1. The fraction of sp³-hybridized carbons (Fsp3) is 0.333. The summed E-state index contributed by atoms with van der Waals surface area (Å²) in [6.45, 7) is 0. The van der Waals surface area contributed by atoms with Crippen molar-refractivity contribution in [1.82, 2.24) is 10.2 Å². The first-order valence-corrected chi connectivity index (χ1v) is 7.02. The van der Waals surface area contributed by atoms with Crippen LogP contribution >= 0.6 is 0 Å². The molecule has 8 heteroatoms. The van der Waals surface area contributed by atoms with E-state index in [2.05, 4.69) is 15.5 Å². The number of rotatable bonds is 4. The van der Waals surface area contributed by atoms with Gasteiger partial charge in [-0.2, -0.15) is 5.10 Å². The van der Waals surface area contributed by atoms with Crippen molar-refractivity contribution in [1.29, 1.82) is 0 Å². The van der Waals surface area contributed by atoms with E-state index in [-0.39, 0.29) is 18.2 Å². The number of nitrogen functional groups attached to an aromatic ring is 1. The summed E-state index contributed by atoms with van der Waals surface area (Å²) >= 11 is 0. The number of carbonyl (C=O) groups excluding carboxylic acids is 1. The van der Waals surface area contributed by atoms with Gasteiger partial charge < -0.3 is 25.3 Å². The van der Waals surface area contributed by atoms with Crippen LogP contribution in [-0.4, -0.2) is 37.4 Å². The minimum absolute atomic E-state index is 0.122. The number of nitrogens with zero attached hydrogens (tertiary/aromatic N) is 1. The monoisotopic (exact) mass is 318 g/mol. The average Bonchev–Trinajstić information content (AvgIpc) is 2.93. The molecule has 0 radical (unpaired) electrons. The van der Waals surface area contributed by atoms with Crippen LogP contribution in [0.2, 0.25) is 0 Å². The van der Waals surface area contributed by atoms with Crippen molar-refractivity contribution in [2.45, 2.75) is 12.3 Å². The molecule has 0 saturated carbocycles. The van der Waals surface area contributed by atoms with Crippen molar-refractivity contribution < 1.29 is 19.0 Å². The molecule has 1 unspecified atom stereocenters. The van der Waals surface area contributed by atoms with E-state index >= 15 is 0 Å². The summed E-state index contributed by atoms with van der Waals surface area (Å²) in [7, 11) is 4.64. The van der Waals surface area contributed by atoms with Gasteiger partial charge in [0.15, 0.2) is 17.3 Å². The Morgan fingerprint density at radius 3 is 2.39 bits per heavy atom. The maximum absolute atomic E-state index is 12.0. The highest BCUT2D eigenvalue weighted by atomic mass is 16.5. The van der Waals surface area contributed by atoms with E-state index in [0.29, 0.717) is 28.9 Å². The van der Waals surface area contributed by atoms with E-state index in [9.17, 15) is 4.79 Å². The highest BCUT2D eigenvalue weighted by Gasteiger charge is 2.32. The van der Waals surface area contributed by atoms with E-state index in [1.807, 2.05) is 12.1 Å². The maximum atomic E-state index is 12.0. The molecule has 2 heterocycles. The van der Waals surface area contributed by atoms with Gasteiger partial charge >= 0.3 is 0 Å². The number of nitrogens with two attached hydrogens (primary N) is 1. The summed E-state index contributed by atoms with van der Waals surface area (Å²) in [5.41, 5.74) is 7.57. The summed E-state index contributed by atoms with van der Waals surface area (Å²) in [6, 6.07) is 3.64. The van der Waals surface area contributed by atoms with Crippen LogP contribution in [0.25, 0.3) is 0 Å². The second-order valence-corrected chi connectivity index (χ2v) is 5.16. The smallest absolute Gasteiger partial charge is 0.226 e. The Labute approximate surface area is 132 Å². The van der Waals surface area contributed by atoms with Crippen molar-refractivity contribution in [2.24, 2.45) is 0 Å². The summed E-state index contributed by atoms with van der Waals surface area (Å²) in [4.78, 5) is 12.0. The van der Waals surface area contributed by atoms with E-state index < -0.39 is 0 Å². The molecule has 122 valence electrons. The Bertz CT molecular complexity index is 731. The second kappa shape index (κ2) is 5.71. The number of carbonyl (C=O) groups is 1. The van der Waals surface area contributed by atoms with Crippen LogP contribution in [0.1, 0.15) is 23.5 Å². The van der Waals surface area contributed by atoms with E-state index in [1.54, 1.807) is 21.3 Å². The van der Waals surface area contributed by atoms with Gasteiger partial charge in [-0.05, 0) is 17.7 Å². The first-order valence-electron chi connectivity index (χ1n) is 7.02. The number of ether oxygens (including phenoxy) is 3. The molecule has 1 aromatic heterocycles. The van der Waals surface area contributed by atoms with E-state index in [0.717, 1.165) is 11.1 Å². The number of fused-ring (bicyclic) bond motifs is 1. The number of hydrogen-bond acceptors (Lipinski definition) is 6. The highest BCUT2D eigenvalue weighted by Crippen LogP contribution is 2.45. The topological polar surface area (TPSA) is 111 Å². The van der Waals surface area contributed by atoms with Gasteiger partial charge in [0.25, 0.3) is 0 Å². The molecule has 8 nitrogen and oxygen atoms in total. The number of hydrogen-bond donors (Lipinski definition) is 3. The number of H-pyrrole nitrogens is 1. The van der Waals surface area contributed by atoms with Crippen LogP contribution in [0.5, 0.6) is 17.2 Å². The Hall–Kier alpha value is -2.90. The van der Waals surface area contributed by atoms with Gasteiger partial charge in [0.1, 0.15) is 5.82 Å². The number of methoxy groups -OCH3 is 3. The molecule has 0 fully saturated rings. The molecule has 23 heavy (non-hydrogen) atoms. The van der Waals surface area contributed by atoms with Crippen LogP contribution in [0.3, 0.4) is 0 Å². The van der Waals surface area contributed by atoms with Crippen molar-refractivity contribution >= 4 is 17.5 Å². The summed E-state index contributed by atoms with van der Waals surface area (Å²) < 4.78 is 16.1. The number of anilines is 2. The SMILES string of the molecule is COc1cc(C2CC(=O)Nc3n[nH]c(N)c32)cc(OC)c1OC. The summed E-state index contributed by atoms with van der Waals surface area (Å²) in [5.74, 6) is 2.07. The lowest BCUT2D eigenvalue weighted by Gasteiger charge is -2.24. The molecule has 0 spiro atoms. The van der Waals surface area contributed by atoms with Gasteiger partial charge in [-0.1, -0.05) is 0 Å². The number of nitrogens with one attached hydrogen (secondary N) is 2.